The van der Waals surface area contributed by atoms with Crippen molar-refractivity contribution in [2.75, 3.05) is 27.2 Å². The van der Waals surface area contributed by atoms with Gasteiger partial charge in [0, 0.05) is 23.6 Å². The highest BCUT2D eigenvalue weighted by Crippen LogP contribution is 2.33. The third-order valence-corrected chi connectivity index (χ3v) is 6.60. The van der Waals surface area contributed by atoms with Gasteiger partial charge in [0.05, 0.1) is 7.11 Å². The minimum Gasteiger partial charge on any atom is -0.495 e. The van der Waals surface area contributed by atoms with E-state index in [1.165, 1.54) is 11.4 Å². The van der Waals surface area contributed by atoms with E-state index in [0.29, 0.717) is 18.8 Å². The molecule has 1 aliphatic rings. The standard InChI is InChI=1S/C14H21BrN2O3S/c1-10-7-13(20-3)14(8-12(10)15)21(18,19)17-6-4-5-11(9-17)16-2/h7-8,11,16H,4-6,9H2,1-3H3. The predicted molar refractivity (Wildman–Crippen MR) is 86.3 cm³/mol. The van der Waals surface area contributed by atoms with E-state index < -0.39 is 10.0 Å². The van der Waals surface area contributed by atoms with Crippen LogP contribution in [0.3, 0.4) is 0 Å². The number of ether oxygens (including phenoxy) is 1. The molecule has 1 aromatic carbocycles. The minimum atomic E-state index is -3.55. The third kappa shape index (κ3) is 3.41. The molecule has 1 N–H and O–H groups in total. The third-order valence-electron chi connectivity index (χ3n) is 3.86. The molecule has 1 unspecified atom stereocenters. The van der Waals surface area contributed by atoms with Gasteiger partial charge in [-0.2, -0.15) is 4.31 Å². The lowest BCUT2D eigenvalue weighted by Crippen LogP contribution is -2.46. The van der Waals surface area contributed by atoms with Crippen LogP contribution in [0.15, 0.2) is 21.5 Å². The molecule has 0 radical (unpaired) electrons. The normalized spacial score (nSPS) is 20.5. The first-order valence-electron chi connectivity index (χ1n) is 6.91. The molecule has 21 heavy (non-hydrogen) atoms. The van der Waals surface area contributed by atoms with Crippen molar-refractivity contribution in [3.63, 3.8) is 0 Å². The highest BCUT2D eigenvalue weighted by Gasteiger charge is 2.32. The Labute approximate surface area is 134 Å². The quantitative estimate of drug-likeness (QED) is 0.874. The van der Waals surface area contributed by atoms with Crippen molar-refractivity contribution in [1.29, 1.82) is 0 Å². The number of nitrogens with zero attached hydrogens (tertiary/aromatic N) is 1. The lowest BCUT2D eigenvalue weighted by atomic mass is 10.1. The molecule has 1 saturated heterocycles. The summed E-state index contributed by atoms with van der Waals surface area (Å²) in [6.07, 6.45) is 1.86. The van der Waals surface area contributed by atoms with Crippen molar-refractivity contribution >= 4 is 26.0 Å². The number of piperidine rings is 1. The van der Waals surface area contributed by atoms with Crippen molar-refractivity contribution < 1.29 is 13.2 Å². The topological polar surface area (TPSA) is 58.6 Å². The van der Waals surface area contributed by atoms with Crippen molar-refractivity contribution in [3.05, 3.63) is 22.2 Å². The number of benzene rings is 1. The Hall–Kier alpha value is -0.630. The van der Waals surface area contributed by atoms with Gasteiger partial charge in [-0.15, -0.1) is 0 Å². The van der Waals surface area contributed by atoms with Gasteiger partial charge in [0.1, 0.15) is 10.6 Å². The zero-order chi connectivity index (χ0) is 15.6. The second kappa shape index (κ2) is 6.64. The number of methoxy groups -OCH3 is 1. The van der Waals surface area contributed by atoms with Crippen LogP contribution in [0.1, 0.15) is 18.4 Å². The van der Waals surface area contributed by atoms with Gasteiger partial charge < -0.3 is 10.1 Å². The lowest BCUT2D eigenvalue weighted by molar-refractivity contribution is 0.291. The van der Waals surface area contributed by atoms with Gasteiger partial charge >= 0.3 is 0 Å². The monoisotopic (exact) mass is 376 g/mol. The van der Waals surface area contributed by atoms with Crippen molar-refractivity contribution in [1.82, 2.24) is 9.62 Å². The Morgan fingerprint density at radius 2 is 2.14 bits per heavy atom. The van der Waals surface area contributed by atoms with Gasteiger partial charge in [-0.3, -0.25) is 0 Å². The van der Waals surface area contributed by atoms with Crippen LogP contribution in [-0.2, 0) is 10.0 Å². The second-order valence-corrected chi connectivity index (χ2v) is 8.00. The number of sulfonamides is 1. The smallest absolute Gasteiger partial charge is 0.246 e. The molecule has 0 spiro atoms. The summed E-state index contributed by atoms with van der Waals surface area (Å²) in [5.74, 6) is 0.391. The van der Waals surface area contributed by atoms with E-state index in [-0.39, 0.29) is 10.9 Å². The first kappa shape index (κ1) is 16.7. The number of rotatable bonds is 4. The molecule has 0 saturated carbocycles. The summed E-state index contributed by atoms with van der Waals surface area (Å²) in [6.45, 7) is 2.95. The van der Waals surface area contributed by atoms with Crippen LogP contribution in [0.2, 0.25) is 0 Å². The van der Waals surface area contributed by atoms with Crippen molar-refractivity contribution in [2.24, 2.45) is 0 Å². The molecule has 1 fully saturated rings. The molecule has 0 aromatic heterocycles. The molecule has 118 valence electrons. The summed E-state index contributed by atoms with van der Waals surface area (Å²) >= 11 is 3.40. The molecular formula is C14H21BrN2O3S. The van der Waals surface area contributed by atoms with Gasteiger partial charge in [0.15, 0.2) is 0 Å². The summed E-state index contributed by atoms with van der Waals surface area (Å²) in [5, 5.41) is 3.16. The number of nitrogens with one attached hydrogen (secondary N) is 1. The van der Waals surface area contributed by atoms with Gasteiger partial charge in [-0.25, -0.2) is 8.42 Å². The number of likely N-dealkylation sites (N-methyl/N-ethyl adjacent to an activating group) is 1. The lowest BCUT2D eigenvalue weighted by Gasteiger charge is -2.32. The zero-order valence-electron chi connectivity index (χ0n) is 12.5. The largest absolute Gasteiger partial charge is 0.495 e. The van der Waals surface area contributed by atoms with E-state index in [9.17, 15) is 8.42 Å². The Morgan fingerprint density at radius 3 is 2.76 bits per heavy atom. The number of aryl methyl sites for hydroxylation is 1. The molecule has 0 bridgehead atoms. The van der Waals surface area contributed by atoms with E-state index >= 15 is 0 Å². The highest BCUT2D eigenvalue weighted by atomic mass is 79.9. The first-order chi connectivity index (χ1) is 9.90. The van der Waals surface area contributed by atoms with Gasteiger partial charge in [-0.1, -0.05) is 15.9 Å². The van der Waals surface area contributed by atoms with E-state index in [4.69, 9.17) is 4.74 Å². The molecule has 1 aliphatic heterocycles. The molecule has 1 aromatic rings. The number of hydrogen-bond acceptors (Lipinski definition) is 4. The Bertz CT molecular complexity index is 619. The van der Waals surface area contributed by atoms with Crippen LogP contribution in [0.4, 0.5) is 0 Å². The maximum Gasteiger partial charge on any atom is 0.246 e. The van der Waals surface area contributed by atoms with Crippen LogP contribution in [-0.4, -0.2) is 46.0 Å². The average molecular weight is 377 g/mol. The van der Waals surface area contributed by atoms with Crippen molar-refractivity contribution in [2.45, 2.75) is 30.7 Å². The summed E-state index contributed by atoms with van der Waals surface area (Å²) in [5.41, 5.74) is 0.942. The summed E-state index contributed by atoms with van der Waals surface area (Å²) in [7, 11) is -0.189. The zero-order valence-corrected chi connectivity index (χ0v) is 14.9. The molecule has 1 heterocycles. The van der Waals surface area contributed by atoms with E-state index in [1.807, 2.05) is 14.0 Å². The molecule has 2 rings (SSSR count). The van der Waals surface area contributed by atoms with Crippen LogP contribution in [0, 0.1) is 6.92 Å². The van der Waals surface area contributed by atoms with Crippen molar-refractivity contribution in [3.8, 4) is 5.75 Å². The SMILES string of the molecule is CNC1CCCN(S(=O)(=O)c2cc(Br)c(C)cc2OC)C1. The van der Waals surface area contributed by atoms with E-state index in [2.05, 4.69) is 21.2 Å². The molecule has 7 heteroatoms. The fourth-order valence-corrected chi connectivity index (χ4v) is 4.72. The predicted octanol–water partition coefficient (Wildman–Crippen LogP) is 2.14. The van der Waals surface area contributed by atoms with Crippen LogP contribution in [0.5, 0.6) is 5.75 Å². The first-order valence-corrected chi connectivity index (χ1v) is 9.15. The Kier molecular flexibility index (Phi) is 5.29. The minimum absolute atomic E-state index is 0.202. The highest BCUT2D eigenvalue weighted by molar-refractivity contribution is 9.10. The van der Waals surface area contributed by atoms with Crippen LogP contribution in [0.25, 0.3) is 0 Å². The Balaban J connectivity index is 2.41. The van der Waals surface area contributed by atoms with Gasteiger partial charge in [0.25, 0.3) is 0 Å². The molecule has 1 atom stereocenters. The van der Waals surface area contributed by atoms with Gasteiger partial charge in [-0.05, 0) is 44.5 Å². The molecule has 0 amide bonds. The average Bonchev–Trinajstić information content (AvgIpc) is 2.49. The fourth-order valence-electron chi connectivity index (χ4n) is 2.53. The van der Waals surface area contributed by atoms with Crippen LogP contribution >= 0.6 is 15.9 Å². The summed E-state index contributed by atoms with van der Waals surface area (Å²) in [4.78, 5) is 0.222. The Morgan fingerprint density at radius 1 is 1.43 bits per heavy atom. The van der Waals surface area contributed by atoms with Crippen LogP contribution < -0.4 is 10.1 Å². The molecule has 0 aliphatic carbocycles. The summed E-state index contributed by atoms with van der Waals surface area (Å²) in [6, 6.07) is 3.58. The van der Waals surface area contributed by atoms with E-state index in [1.54, 1.807) is 12.1 Å². The maximum absolute atomic E-state index is 12.9. The van der Waals surface area contributed by atoms with E-state index in [0.717, 1.165) is 22.9 Å². The number of halogens is 1. The number of hydrogen-bond donors (Lipinski definition) is 1. The summed E-state index contributed by atoms with van der Waals surface area (Å²) < 4.78 is 33.4. The molecular weight excluding hydrogens is 356 g/mol. The molecule has 5 nitrogen and oxygen atoms in total. The van der Waals surface area contributed by atoms with Gasteiger partial charge in [0.2, 0.25) is 10.0 Å². The fraction of sp³-hybridized carbons (Fsp3) is 0.571. The maximum atomic E-state index is 12.9. The second-order valence-electron chi connectivity index (χ2n) is 5.24.